The van der Waals surface area contributed by atoms with Gasteiger partial charge in [0, 0.05) is 17.1 Å². The minimum atomic E-state index is -0.182. The van der Waals surface area contributed by atoms with Gasteiger partial charge in [-0.1, -0.05) is 0 Å². The number of carbonyl (C=O) groups is 1. The van der Waals surface area contributed by atoms with Crippen molar-refractivity contribution in [2.75, 3.05) is 14.1 Å². The third-order valence-corrected chi connectivity index (χ3v) is 6.23. The van der Waals surface area contributed by atoms with Gasteiger partial charge in [-0.05, 0) is 67.1 Å². The number of fused-ring (bicyclic) bond motifs is 1. The fraction of sp³-hybridized carbons (Fsp3) is 0.650. The van der Waals surface area contributed by atoms with E-state index in [9.17, 15) is 9.59 Å². The fourth-order valence-corrected chi connectivity index (χ4v) is 5.56. The smallest absolute Gasteiger partial charge is 0.261 e. The Bertz CT molecular complexity index is 941. The summed E-state index contributed by atoms with van der Waals surface area (Å²) >= 11 is 1.30. The summed E-state index contributed by atoms with van der Waals surface area (Å²) in [5.41, 5.74) is 0.428. The lowest BCUT2D eigenvalue weighted by Gasteiger charge is -2.46. The van der Waals surface area contributed by atoms with Crippen molar-refractivity contribution < 1.29 is 4.79 Å². The molecule has 0 unspecified atom stereocenters. The molecule has 3 heterocycles. The number of H-pyrrole nitrogens is 1. The van der Waals surface area contributed by atoms with Crippen LogP contribution in [0.4, 0.5) is 0 Å². The van der Waals surface area contributed by atoms with E-state index in [1.165, 1.54) is 11.3 Å². The van der Waals surface area contributed by atoms with Crippen LogP contribution in [0.5, 0.6) is 0 Å². The Kier molecular flexibility index (Phi) is 5.42. The third kappa shape index (κ3) is 4.45. The highest BCUT2D eigenvalue weighted by atomic mass is 32.1. The zero-order valence-corrected chi connectivity index (χ0v) is 18.6. The highest BCUT2D eigenvalue weighted by Crippen LogP contribution is 2.30. The number of aromatic amines is 1. The van der Waals surface area contributed by atoms with Crippen LogP contribution in [0.25, 0.3) is 10.2 Å². The van der Waals surface area contributed by atoms with Crippen LogP contribution in [0.1, 0.15) is 61.6 Å². The molecule has 0 aliphatic carbocycles. The number of rotatable bonds is 4. The maximum atomic E-state index is 13.0. The Hall–Kier alpha value is -1.77. The first-order valence-electron chi connectivity index (χ1n) is 9.64. The van der Waals surface area contributed by atoms with Crippen LogP contribution in [-0.2, 0) is 6.54 Å². The van der Waals surface area contributed by atoms with E-state index >= 15 is 0 Å². The first kappa shape index (κ1) is 21.0. The van der Waals surface area contributed by atoms with Crippen molar-refractivity contribution in [2.24, 2.45) is 0 Å². The molecule has 0 bridgehead atoms. The van der Waals surface area contributed by atoms with Crippen molar-refractivity contribution >= 4 is 27.5 Å². The predicted octanol–water partition coefficient (Wildman–Crippen LogP) is 2.39. The third-order valence-electron chi connectivity index (χ3n) is 5.05. The molecule has 1 aliphatic heterocycles. The first-order chi connectivity index (χ1) is 12.9. The second kappa shape index (κ2) is 7.24. The molecule has 0 aromatic carbocycles. The lowest BCUT2D eigenvalue weighted by Crippen LogP contribution is -2.62. The minimum absolute atomic E-state index is 0.0469. The van der Waals surface area contributed by atoms with Crippen LogP contribution in [0.2, 0.25) is 0 Å². The maximum Gasteiger partial charge on any atom is 0.261 e. The van der Waals surface area contributed by atoms with Crippen molar-refractivity contribution in [3.63, 3.8) is 0 Å². The minimum Gasteiger partial charge on any atom is -0.348 e. The average Bonchev–Trinajstić information content (AvgIpc) is 2.80. The molecular weight excluding hydrogens is 374 g/mol. The number of hydrogen-bond acceptors (Lipinski definition) is 6. The van der Waals surface area contributed by atoms with Gasteiger partial charge in [-0.25, -0.2) is 4.98 Å². The monoisotopic (exact) mass is 405 g/mol. The van der Waals surface area contributed by atoms with E-state index < -0.39 is 0 Å². The van der Waals surface area contributed by atoms with Gasteiger partial charge in [-0.3, -0.25) is 9.59 Å². The highest BCUT2D eigenvalue weighted by molar-refractivity contribution is 7.20. The summed E-state index contributed by atoms with van der Waals surface area (Å²) < 4.78 is 0. The van der Waals surface area contributed by atoms with E-state index in [1.807, 2.05) is 25.9 Å². The maximum absolute atomic E-state index is 13.0. The number of aryl methyl sites for hydroxylation is 1. The lowest BCUT2D eigenvalue weighted by atomic mass is 9.79. The molecule has 8 heteroatoms. The Morgan fingerprint density at radius 1 is 1.25 bits per heavy atom. The number of carbonyl (C=O) groups excluding carboxylic acids is 1. The number of hydrogen-bond donors (Lipinski definition) is 3. The molecule has 154 valence electrons. The summed E-state index contributed by atoms with van der Waals surface area (Å²) in [7, 11) is 3.84. The zero-order chi connectivity index (χ0) is 20.9. The second-order valence-corrected chi connectivity index (χ2v) is 10.5. The molecule has 0 atom stereocenters. The van der Waals surface area contributed by atoms with E-state index in [0.717, 1.165) is 12.8 Å². The van der Waals surface area contributed by atoms with E-state index in [-0.39, 0.29) is 28.6 Å². The molecule has 3 rings (SSSR count). The van der Waals surface area contributed by atoms with Crippen molar-refractivity contribution in [3.05, 3.63) is 26.6 Å². The molecule has 1 fully saturated rings. The largest absolute Gasteiger partial charge is 0.348 e. The van der Waals surface area contributed by atoms with Crippen LogP contribution in [0, 0.1) is 6.92 Å². The Balaban J connectivity index is 1.89. The van der Waals surface area contributed by atoms with Gasteiger partial charge in [-0.2, -0.15) is 0 Å². The van der Waals surface area contributed by atoms with Gasteiger partial charge in [0.05, 0.1) is 16.8 Å². The molecule has 7 nitrogen and oxygen atoms in total. The van der Waals surface area contributed by atoms with Crippen LogP contribution in [0.3, 0.4) is 0 Å². The quantitative estimate of drug-likeness (QED) is 0.727. The summed E-state index contributed by atoms with van der Waals surface area (Å²) in [6.07, 6.45) is 1.72. The molecule has 28 heavy (non-hydrogen) atoms. The van der Waals surface area contributed by atoms with Crippen molar-refractivity contribution in [2.45, 2.75) is 71.1 Å². The van der Waals surface area contributed by atoms with E-state index in [1.54, 1.807) is 0 Å². The number of thiophene rings is 1. The molecule has 0 saturated carbocycles. The fourth-order valence-electron chi connectivity index (χ4n) is 4.45. The molecular formula is C20H31N5O2S. The standard InChI is InChI=1S/C20H31N5O2S/c1-11-14-16(26)22-13(10-25(6)7)23-18(14)28-15(11)17(27)21-12-8-19(2,3)24-20(4,5)9-12/h12,24H,8-10H2,1-7H3,(H,21,27)(H,22,23,26). The van der Waals surface area contributed by atoms with Crippen LogP contribution in [0.15, 0.2) is 4.79 Å². The summed E-state index contributed by atoms with van der Waals surface area (Å²) in [6.45, 7) is 11.0. The first-order valence-corrected chi connectivity index (χ1v) is 10.5. The Labute approximate surface area is 169 Å². The van der Waals surface area contributed by atoms with Gasteiger partial charge in [-0.15, -0.1) is 11.3 Å². The average molecular weight is 406 g/mol. The van der Waals surface area contributed by atoms with Crippen LogP contribution >= 0.6 is 11.3 Å². The zero-order valence-electron chi connectivity index (χ0n) is 17.8. The highest BCUT2D eigenvalue weighted by Gasteiger charge is 2.38. The van der Waals surface area contributed by atoms with Crippen molar-refractivity contribution in [3.8, 4) is 0 Å². The second-order valence-electron chi connectivity index (χ2n) is 9.46. The SMILES string of the molecule is Cc1c(C(=O)NC2CC(C)(C)NC(C)(C)C2)sc2nc(CN(C)C)[nH]c(=O)c12. The summed E-state index contributed by atoms with van der Waals surface area (Å²) in [5, 5.41) is 7.34. The normalized spacial score (nSPS) is 19.3. The molecule has 1 aliphatic rings. The Morgan fingerprint density at radius 3 is 2.43 bits per heavy atom. The van der Waals surface area contributed by atoms with E-state index in [4.69, 9.17) is 0 Å². The van der Waals surface area contributed by atoms with Gasteiger partial charge < -0.3 is 20.5 Å². The van der Waals surface area contributed by atoms with E-state index in [2.05, 4.69) is 48.3 Å². The molecule has 1 saturated heterocycles. The Morgan fingerprint density at radius 2 is 1.86 bits per heavy atom. The number of nitrogens with zero attached hydrogens (tertiary/aromatic N) is 2. The van der Waals surface area contributed by atoms with Crippen LogP contribution < -0.4 is 16.2 Å². The predicted molar refractivity (Wildman–Crippen MR) is 114 cm³/mol. The number of aromatic nitrogens is 2. The number of nitrogens with one attached hydrogen (secondary N) is 3. The van der Waals surface area contributed by atoms with Crippen molar-refractivity contribution in [1.29, 1.82) is 0 Å². The van der Waals surface area contributed by atoms with Gasteiger partial charge in [0.15, 0.2) is 0 Å². The molecule has 2 aromatic heterocycles. The molecule has 0 radical (unpaired) electrons. The summed E-state index contributed by atoms with van der Waals surface area (Å²) in [5.74, 6) is 0.491. The topological polar surface area (TPSA) is 90.1 Å². The van der Waals surface area contributed by atoms with Gasteiger partial charge in [0.2, 0.25) is 0 Å². The van der Waals surface area contributed by atoms with Crippen molar-refractivity contribution in [1.82, 2.24) is 25.5 Å². The molecule has 0 spiro atoms. The lowest BCUT2D eigenvalue weighted by molar-refractivity contribution is 0.0876. The molecule has 3 N–H and O–H groups in total. The number of piperidine rings is 1. The number of amides is 1. The summed E-state index contributed by atoms with van der Waals surface area (Å²) in [6, 6.07) is 0.0823. The van der Waals surface area contributed by atoms with Gasteiger partial charge >= 0.3 is 0 Å². The molecule has 2 aromatic rings. The van der Waals surface area contributed by atoms with Gasteiger partial charge in [0.1, 0.15) is 10.7 Å². The van der Waals surface area contributed by atoms with Gasteiger partial charge in [0.25, 0.3) is 11.5 Å². The summed E-state index contributed by atoms with van der Waals surface area (Å²) in [4.78, 5) is 36.1. The van der Waals surface area contributed by atoms with Crippen LogP contribution in [-0.4, -0.2) is 52.0 Å². The van der Waals surface area contributed by atoms with E-state index in [0.29, 0.717) is 33.0 Å². The molecule has 1 amide bonds.